The summed E-state index contributed by atoms with van der Waals surface area (Å²) in [6.07, 6.45) is 7.03. The SMILES string of the molecule is CCCN=Cc1ccnc(CNCCCCN)c1. The van der Waals surface area contributed by atoms with Crippen LogP contribution in [-0.2, 0) is 6.54 Å². The molecular formula is C14H24N4. The Balaban J connectivity index is 2.34. The summed E-state index contributed by atoms with van der Waals surface area (Å²) in [4.78, 5) is 8.67. The molecule has 100 valence electrons. The Kier molecular flexibility index (Phi) is 8.01. The summed E-state index contributed by atoms with van der Waals surface area (Å²) in [5.74, 6) is 0. The number of nitrogens with one attached hydrogen (secondary N) is 1. The van der Waals surface area contributed by atoms with Crippen LogP contribution in [-0.4, -0.2) is 30.8 Å². The number of hydrogen-bond acceptors (Lipinski definition) is 4. The second kappa shape index (κ2) is 9.74. The highest BCUT2D eigenvalue weighted by Crippen LogP contribution is 1.99. The Morgan fingerprint density at radius 2 is 2.33 bits per heavy atom. The van der Waals surface area contributed by atoms with Gasteiger partial charge in [0.2, 0.25) is 0 Å². The molecule has 18 heavy (non-hydrogen) atoms. The van der Waals surface area contributed by atoms with Crippen molar-refractivity contribution < 1.29 is 0 Å². The van der Waals surface area contributed by atoms with Gasteiger partial charge in [0.15, 0.2) is 0 Å². The van der Waals surface area contributed by atoms with Gasteiger partial charge in [-0.25, -0.2) is 0 Å². The van der Waals surface area contributed by atoms with E-state index in [0.717, 1.165) is 56.7 Å². The molecule has 0 radical (unpaired) electrons. The first-order valence-corrected chi connectivity index (χ1v) is 6.72. The molecule has 0 saturated heterocycles. The van der Waals surface area contributed by atoms with Crippen LogP contribution in [0.3, 0.4) is 0 Å². The number of unbranched alkanes of at least 4 members (excludes halogenated alkanes) is 1. The molecule has 0 aromatic carbocycles. The van der Waals surface area contributed by atoms with Crippen molar-refractivity contribution in [2.24, 2.45) is 10.7 Å². The average Bonchev–Trinajstić information content (AvgIpc) is 2.39. The van der Waals surface area contributed by atoms with Crippen molar-refractivity contribution in [1.82, 2.24) is 10.3 Å². The molecule has 0 amide bonds. The molecule has 0 fully saturated rings. The molecule has 1 heterocycles. The van der Waals surface area contributed by atoms with Crippen molar-refractivity contribution in [3.63, 3.8) is 0 Å². The minimum Gasteiger partial charge on any atom is -0.330 e. The first kappa shape index (κ1) is 14.8. The number of hydrogen-bond donors (Lipinski definition) is 2. The molecule has 0 atom stereocenters. The van der Waals surface area contributed by atoms with Crippen molar-refractivity contribution in [2.75, 3.05) is 19.6 Å². The van der Waals surface area contributed by atoms with Crippen LogP contribution in [0.2, 0.25) is 0 Å². The third kappa shape index (κ3) is 6.47. The molecule has 0 aliphatic carbocycles. The van der Waals surface area contributed by atoms with Gasteiger partial charge in [-0.2, -0.15) is 0 Å². The zero-order valence-electron chi connectivity index (χ0n) is 11.2. The lowest BCUT2D eigenvalue weighted by atomic mass is 10.2. The fourth-order valence-corrected chi connectivity index (χ4v) is 1.58. The van der Waals surface area contributed by atoms with Crippen LogP contribution in [0.1, 0.15) is 37.4 Å². The van der Waals surface area contributed by atoms with Gasteiger partial charge in [0.05, 0.1) is 5.69 Å². The highest BCUT2D eigenvalue weighted by molar-refractivity contribution is 5.79. The molecule has 0 unspecified atom stereocenters. The van der Waals surface area contributed by atoms with E-state index >= 15 is 0 Å². The van der Waals surface area contributed by atoms with Gasteiger partial charge >= 0.3 is 0 Å². The van der Waals surface area contributed by atoms with Crippen LogP contribution >= 0.6 is 0 Å². The highest BCUT2D eigenvalue weighted by atomic mass is 14.9. The van der Waals surface area contributed by atoms with Gasteiger partial charge in [-0.15, -0.1) is 0 Å². The summed E-state index contributed by atoms with van der Waals surface area (Å²) in [5, 5.41) is 3.37. The highest BCUT2D eigenvalue weighted by Gasteiger charge is 1.95. The van der Waals surface area contributed by atoms with E-state index in [1.54, 1.807) is 0 Å². The van der Waals surface area contributed by atoms with Crippen LogP contribution < -0.4 is 11.1 Å². The van der Waals surface area contributed by atoms with E-state index in [4.69, 9.17) is 5.73 Å². The lowest BCUT2D eigenvalue weighted by molar-refractivity contribution is 0.620. The van der Waals surface area contributed by atoms with E-state index < -0.39 is 0 Å². The van der Waals surface area contributed by atoms with E-state index in [1.807, 2.05) is 18.5 Å². The Bertz CT molecular complexity index is 349. The summed E-state index contributed by atoms with van der Waals surface area (Å²) in [7, 11) is 0. The molecule has 0 bridgehead atoms. The standard InChI is InChI=1S/C14H24N4/c1-2-7-16-11-13-5-9-18-14(10-13)12-17-8-4-3-6-15/h5,9-11,17H,2-4,6-8,12,15H2,1H3. The van der Waals surface area contributed by atoms with E-state index in [2.05, 4.69) is 28.3 Å². The predicted molar refractivity (Wildman–Crippen MR) is 77.0 cm³/mol. The number of aromatic nitrogens is 1. The largest absolute Gasteiger partial charge is 0.330 e. The third-order valence-electron chi connectivity index (χ3n) is 2.55. The maximum absolute atomic E-state index is 5.44. The Hall–Kier alpha value is -1.26. The summed E-state index contributed by atoms with van der Waals surface area (Å²) in [6, 6.07) is 4.06. The summed E-state index contributed by atoms with van der Waals surface area (Å²) < 4.78 is 0. The van der Waals surface area contributed by atoms with Gasteiger partial charge in [0.1, 0.15) is 0 Å². The zero-order chi connectivity index (χ0) is 13.1. The van der Waals surface area contributed by atoms with E-state index in [0.29, 0.717) is 0 Å². The second-order valence-electron chi connectivity index (χ2n) is 4.29. The Morgan fingerprint density at radius 3 is 3.11 bits per heavy atom. The maximum atomic E-state index is 5.44. The van der Waals surface area contributed by atoms with Gasteiger partial charge in [-0.05, 0) is 50.0 Å². The molecule has 4 heteroatoms. The first-order chi connectivity index (χ1) is 8.86. The molecule has 0 spiro atoms. The van der Waals surface area contributed by atoms with Crippen molar-refractivity contribution in [1.29, 1.82) is 0 Å². The summed E-state index contributed by atoms with van der Waals surface area (Å²) >= 11 is 0. The van der Waals surface area contributed by atoms with Gasteiger partial charge < -0.3 is 11.1 Å². The molecule has 1 rings (SSSR count). The molecule has 0 aliphatic rings. The Labute approximate surface area is 110 Å². The van der Waals surface area contributed by atoms with Crippen molar-refractivity contribution in [3.05, 3.63) is 29.6 Å². The minimum absolute atomic E-state index is 0.767. The van der Waals surface area contributed by atoms with Crippen molar-refractivity contribution in [2.45, 2.75) is 32.7 Å². The molecule has 1 aromatic rings. The number of aliphatic imine (C=N–C) groups is 1. The fourth-order valence-electron chi connectivity index (χ4n) is 1.58. The molecule has 3 N–H and O–H groups in total. The second-order valence-corrected chi connectivity index (χ2v) is 4.29. The quantitative estimate of drug-likeness (QED) is 0.517. The maximum Gasteiger partial charge on any atom is 0.0548 e. The lowest BCUT2D eigenvalue weighted by Gasteiger charge is -2.04. The number of pyridine rings is 1. The summed E-state index contributed by atoms with van der Waals surface area (Å²) in [5.41, 5.74) is 7.63. The lowest BCUT2D eigenvalue weighted by Crippen LogP contribution is -2.16. The molecule has 0 saturated carbocycles. The van der Waals surface area contributed by atoms with Gasteiger partial charge in [-0.1, -0.05) is 6.92 Å². The van der Waals surface area contributed by atoms with Gasteiger partial charge in [0, 0.05) is 25.5 Å². The molecule has 1 aromatic heterocycles. The third-order valence-corrected chi connectivity index (χ3v) is 2.55. The van der Waals surface area contributed by atoms with Gasteiger partial charge in [0.25, 0.3) is 0 Å². The fraction of sp³-hybridized carbons (Fsp3) is 0.571. The van der Waals surface area contributed by atoms with Crippen LogP contribution in [0, 0.1) is 0 Å². The van der Waals surface area contributed by atoms with Gasteiger partial charge in [-0.3, -0.25) is 9.98 Å². The Morgan fingerprint density at radius 1 is 1.44 bits per heavy atom. The first-order valence-electron chi connectivity index (χ1n) is 6.72. The van der Waals surface area contributed by atoms with E-state index in [-0.39, 0.29) is 0 Å². The van der Waals surface area contributed by atoms with Crippen LogP contribution in [0.15, 0.2) is 23.3 Å². The molecular weight excluding hydrogens is 224 g/mol. The van der Waals surface area contributed by atoms with Crippen LogP contribution in [0.4, 0.5) is 0 Å². The number of nitrogens with zero attached hydrogens (tertiary/aromatic N) is 2. The van der Waals surface area contributed by atoms with Crippen LogP contribution in [0.5, 0.6) is 0 Å². The number of nitrogens with two attached hydrogens (primary N) is 1. The molecule has 0 aliphatic heterocycles. The minimum atomic E-state index is 0.767. The van der Waals surface area contributed by atoms with Crippen molar-refractivity contribution >= 4 is 6.21 Å². The summed E-state index contributed by atoms with van der Waals surface area (Å²) in [6.45, 7) is 5.58. The van der Waals surface area contributed by atoms with Crippen molar-refractivity contribution in [3.8, 4) is 0 Å². The smallest absolute Gasteiger partial charge is 0.0548 e. The average molecular weight is 248 g/mol. The normalized spacial score (nSPS) is 11.2. The predicted octanol–water partition coefficient (Wildman–Crippen LogP) is 1.74. The van der Waals surface area contributed by atoms with E-state index in [9.17, 15) is 0 Å². The number of rotatable bonds is 9. The monoisotopic (exact) mass is 248 g/mol. The van der Waals surface area contributed by atoms with Crippen LogP contribution in [0.25, 0.3) is 0 Å². The topological polar surface area (TPSA) is 63.3 Å². The zero-order valence-corrected chi connectivity index (χ0v) is 11.2. The molecule has 4 nitrogen and oxygen atoms in total. The van der Waals surface area contributed by atoms with E-state index in [1.165, 1.54) is 0 Å².